The first-order chi connectivity index (χ1) is 14.6. The summed E-state index contributed by atoms with van der Waals surface area (Å²) in [5, 5.41) is 8.87. The van der Waals surface area contributed by atoms with Gasteiger partial charge in [-0.1, -0.05) is 0 Å². The lowest BCUT2D eigenvalue weighted by atomic mass is 10.2. The number of piperazine rings is 1. The molecule has 0 aromatic heterocycles. The molecule has 1 aliphatic rings. The third-order valence-corrected chi connectivity index (χ3v) is 8.24. The number of nitrogens with one attached hydrogen (secondary N) is 1. The van der Waals surface area contributed by atoms with E-state index >= 15 is 0 Å². The molecule has 0 spiro atoms. The van der Waals surface area contributed by atoms with Crippen LogP contribution in [0.1, 0.15) is 10.4 Å². The minimum atomic E-state index is -3.97. The van der Waals surface area contributed by atoms with Crippen molar-refractivity contribution < 1.29 is 31.1 Å². The van der Waals surface area contributed by atoms with Crippen molar-refractivity contribution in [2.45, 2.75) is 4.90 Å². The van der Waals surface area contributed by atoms with Crippen LogP contribution < -0.4 is 9.62 Å². The van der Waals surface area contributed by atoms with Crippen LogP contribution in [0.4, 0.5) is 10.1 Å². The number of sulfonamides is 2. The van der Waals surface area contributed by atoms with E-state index < -0.39 is 31.8 Å². The van der Waals surface area contributed by atoms with Crippen LogP contribution in [0.5, 0.6) is 0 Å². The molecule has 0 atom stereocenters. The van der Waals surface area contributed by atoms with Gasteiger partial charge in [-0.05, 0) is 48.5 Å². The lowest BCUT2D eigenvalue weighted by Crippen LogP contribution is -2.50. The Morgan fingerprint density at radius 3 is 2.06 bits per heavy atom. The molecular weight excluding hydrogens is 449 g/mol. The van der Waals surface area contributed by atoms with Gasteiger partial charge in [0.1, 0.15) is 5.82 Å². The van der Waals surface area contributed by atoms with E-state index in [1.807, 2.05) is 4.90 Å². The summed E-state index contributed by atoms with van der Waals surface area (Å²) >= 11 is 0. The number of carboxylic acids is 1. The number of rotatable bonds is 8. The van der Waals surface area contributed by atoms with E-state index in [2.05, 4.69) is 4.72 Å². The molecule has 0 saturated carbocycles. The van der Waals surface area contributed by atoms with Gasteiger partial charge in [0, 0.05) is 38.4 Å². The van der Waals surface area contributed by atoms with Crippen LogP contribution in [-0.2, 0) is 20.0 Å². The molecule has 168 valence electrons. The molecule has 0 amide bonds. The second-order valence-electron chi connectivity index (χ2n) is 6.91. The minimum absolute atomic E-state index is 0.0543. The van der Waals surface area contributed by atoms with E-state index in [1.165, 1.54) is 16.4 Å². The molecule has 9 nitrogen and oxygen atoms in total. The highest BCUT2D eigenvalue weighted by atomic mass is 32.2. The van der Waals surface area contributed by atoms with Crippen molar-refractivity contribution in [1.29, 1.82) is 0 Å². The van der Waals surface area contributed by atoms with Crippen LogP contribution in [-0.4, -0.2) is 70.7 Å². The predicted octanol–water partition coefficient (Wildman–Crippen LogP) is 0.954. The first-order valence-corrected chi connectivity index (χ1v) is 12.5. The second kappa shape index (κ2) is 9.30. The van der Waals surface area contributed by atoms with Gasteiger partial charge in [-0.15, -0.1) is 0 Å². The molecule has 31 heavy (non-hydrogen) atoms. The topological polar surface area (TPSA) is 124 Å². The molecule has 0 aliphatic carbocycles. The fourth-order valence-electron chi connectivity index (χ4n) is 3.17. The summed E-state index contributed by atoms with van der Waals surface area (Å²) < 4.78 is 66.3. The first-order valence-electron chi connectivity index (χ1n) is 9.40. The second-order valence-corrected chi connectivity index (χ2v) is 10.8. The first kappa shape index (κ1) is 23.1. The Balaban J connectivity index is 1.53. The predicted molar refractivity (Wildman–Crippen MR) is 113 cm³/mol. The fourth-order valence-corrected chi connectivity index (χ4v) is 5.67. The van der Waals surface area contributed by atoms with Crippen molar-refractivity contribution in [1.82, 2.24) is 9.03 Å². The van der Waals surface area contributed by atoms with E-state index in [0.717, 1.165) is 30.0 Å². The monoisotopic (exact) mass is 471 g/mol. The van der Waals surface area contributed by atoms with Crippen LogP contribution >= 0.6 is 0 Å². The van der Waals surface area contributed by atoms with Crippen LogP contribution in [0.3, 0.4) is 0 Å². The van der Waals surface area contributed by atoms with E-state index in [4.69, 9.17) is 5.11 Å². The normalized spacial score (nSPS) is 15.7. The molecular formula is C19H22FN3O6S2. The Hall–Kier alpha value is -2.54. The maximum absolute atomic E-state index is 13.1. The lowest BCUT2D eigenvalue weighted by molar-refractivity contribution is 0.0696. The van der Waals surface area contributed by atoms with E-state index in [1.54, 1.807) is 12.1 Å². The number of aromatic carboxylic acids is 1. The van der Waals surface area contributed by atoms with E-state index in [9.17, 15) is 26.0 Å². The molecule has 2 N–H and O–H groups in total. The maximum Gasteiger partial charge on any atom is 0.335 e. The number of benzene rings is 2. The van der Waals surface area contributed by atoms with Crippen LogP contribution in [0, 0.1) is 5.82 Å². The number of carboxylic acid groups (broad SMARTS) is 1. The van der Waals surface area contributed by atoms with Crippen molar-refractivity contribution in [2.75, 3.05) is 43.4 Å². The number of hydrogen-bond acceptors (Lipinski definition) is 6. The third kappa shape index (κ3) is 5.79. The average molecular weight is 472 g/mol. The summed E-state index contributed by atoms with van der Waals surface area (Å²) in [5.41, 5.74) is 0.751. The summed E-state index contributed by atoms with van der Waals surface area (Å²) in [6.07, 6.45) is 0. The number of hydrogen-bond donors (Lipinski definition) is 2. The van der Waals surface area contributed by atoms with Crippen molar-refractivity contribution in [3.05, 3.63) is 59.9 Å². The summed E-state index contributed by atoms with van der Waals surface area (Å²) in [4.78, 5) is 12.7. The Morgan fingerprint density at radius 2 is 1.52 bits per heavy atom. The highest BCUT2D eigenvalue weighted by Crippen LogP contribution is 2.18. The summed E-state index contributed by atoms with van der Waals surface area (Å²) in [7, 11) is -7.65. The van der Waals surface area contributed by atoms with Gasteiger partial charge in [0.05, 0.1) is 16.2 Å². The molecule has 1 aliphatic heterocycles. The van der Waals surface area contributed by atoms with Gasteiger partial charge in [-0.3, -0.25) is 0 Å². The minimum Gasteiger partial charge on any atom is -0.478 e. The Labute approximate surface area is 180 Å². The molecule has 0 radical (unpaired) electrons. The zero-order valence-corrected chi connectivity index (χ0v) is 18.1. The van der Waals surface area contributed by atoms with Gasteiger partial charge in [-0.25, -0.2) is 30.7 Å². The van der Waals surface area contributed by atoms with Crippen LogP contribution in [0.25, 0.3) is 0 Å². The standard InChI is InChI=1S/C19H22FN3O6S2/c20-16-3-5-17(6-4-16)22-10-12-23(13-11-22)30(26,27)14-9-21-31(28,29)18-7-1-15(2-8-18)19(24)25/h1-8,21H,9-14H2,(H,24,25). The van der Waals surface area contributed by atoms with E-state index in [-0.39, 0.29) is 35.9 Å². The largest absolute Gasteiger partial charge is 0.478 e. The van der Waals surface area contributed by atoms with Gasteiger partial charge >= 0.3 is 5.97 Å². The third-order valence-electron chi connectivity index (χ3n) is 4.89. The number of anilines is 1. The molecule has 2 aromatic carbocycles. The molecule has 0 unspecified atom stereocenters. The molecule has 12 heteroatoms. The van der Waals surface area contributed by atoms with Crippen molar-refractivity contribution in [2.24, 2.45) is 0 Å². The number of nitrogens with zero attached hydrogens (tertiary/aromatic N) is 2. The summed E-state index contributed by atoms with van der Waals surface area (Å²) in [6, 6.07) is 10.6. The Bertz CT molecular complexity index is 1130. The molecule has 2 aromatic rings. The van der Waals surface area contributed by atoms with Crippen molar-refractivity contribution in [3.63, 3.8) is 0 Å². The summed E-state index contributed by atoms with van der Waals surface area (Å²) in [5.74, 6) is -1.93. The zero-order chi connectivity index (χ0) is 22.6. The highest BCUT2D eigenvalue weighted by molar-refractivity contribution is 7.90. The smallest absolute Gasteiger partial charge is 0.335 e. The zero-order valence-electron chi connectivity index (χ0n) is 16.4. The number of halogens is 1. The average Bonchev–Trinajstić information content (AvgIpc) is 2.74. The molecule has 1 fully saturated rings. The van der Waals surface area contributed by atoms with Gasteiger partial charge in [-0.2, -0.15) is 4.31 Å². The molecule has 1 saturated heterocycles. The SMILES string of the molecule is O=C(O)c1ccc(S(=O)(=O)NCCS(=O)(=O)N2CCN(c3ccc(F)cc3)CC2)cc1. The van der Waals surface area contributed by atoms with Crippen molar-refractivity contribution in [3.8, 4) is 0 Å². The highest BCUT2D eigenvalue weighted by Gasteiger charge is 2.27. The van der Waals surface area contributed by atoms with Crippen LogP contribution in [0.15, 0.2) is 53.4 Å². The van der Waals surface area contributed by atoms with Gasteiger partial charge in [0.15, 0.2) is 0 Å². The molecule has 1 heterocycles. The van der Waals surface area contributed by atoms with E-state index in [0.29, 0.717) is 13.1 Å². The molecule has 3 rings (SSSR count). The summed E-state index contributed by atoms with van der Waals surface area (Å²) in [6.45, 7) is 1.04. The van der Waals surface area contributed by atoms with Crippen molar-refractivity contribution >= 4 is 31.7 Å². The quantitative estimate of drug-likeness (QED) is 0.588. The molecule has 0 bridgehead atoms. The lowest BCUT2D eigenvalue weighted by Gasteiger charge is -2.35. The maximum atomic E-state index is 13.1. The number of carbonyl (C=O) groups is 1. The van der Waals surface area contributed by atoms with Gasteiger partial charge in [0.25, 0.3) is 0 Å². The fraction of sp³-hybridized carbons (Fsp3) is 0.316. The van der Waals surface area contributed by atoms with Crippen LogP contribution in [0.2, 0.25) is 0 Å². The Kier molecular flexibility index (Phi) is 6.94. The Morgan fingerprint density at radius 1 is 0.935 bits per heavy atom. The van der Waals surface area contributed by atoms with Gasteiger partial charge in [0.2, 0.25) is 20.0 Å². The van der Waals surface area contributed by atoms with Gasteiger partial charge < -0.3 is 10.0 Å².